The quantitative estimate of drug-likeness (QED) is 0.733. The number of carbonyl (C=O) groups excluding carboxylic acids is 1. The molecule has 0 spiro atoms. The van der Waals surface area contributed by atoms with Crippen molar-refractivity contribution in [3.63, 3.8) is 0 Å². The third kappa shape index (κ3) is 2.15. The molecule has 2 heterocycles. The molecule has 0 aliphatic carbocycles. The summed E-state index contributed by atoms with van der Waals surface area (Å²) in [5.41, 5.74) is 0.449. The topological polar surface area (TPSA) is 38.1 Å². The van der Waals surface area contributed by atoms with E-state index in [1.165, 1.54) is 11.1 Å². The molecule has 1 saturated heterocycles. The highest BCUT2D eigenvalue weighted by atomic mass is 35.5. The first-order valence-corrected chi connectivity index (χ1v) is 5.55. The summed E-state index contributed by atoms with van der Waals surface area (Å²) in [6, 6.07) is 1.62. The molecule has 0 atom stereocenters. The first-order chi connectivity index (χ1) is 7.18. The average molecular weight is 228 g/mol. The lowest BCUT2D eigenvalue weighted by atomic mass is 10.1. The van der Waals surface area contributed by atoms with E-state index in [4.69, 9.17) is 11.6 Å². The van der Waals surface area contributed by atoms with Gasteiger partial charge in [0.25, 0.3) is 5.91 Å². The molecule has 0 aromatic carbocycles. The summed E-state index contributed by atoms with van der Waals surface area (Å²) in [5.74, 6) is -0.00259. The van der Waals surface area contributed by atoms with E-state index in [1.807, 2.05) is 4.90 Å². The van der Waals surface area contributed by atoms with Gasteiger partial charge in [0.15, 0.2) is 5.69 Å². The number of hydrogen-bond acceptors (Lipinski definition) is 2. The van der Waals surface area contributed by atoms with Gasteiger partial charge in [0.1, 0.15) is 5.15 Å². The molecule has 5 heteroatoms. The zero-order valence-corrected chi connectivity index (χ0v) is 9.50. The van der Waals surface area contributed by atoms with E-state index in [9.17, 15) is 4.79 Å². The molecule has 1 aromatic heterocycles. The van der Waals surface area contributed by atoms with Crippen LogP contribution in [0.3, 0.4) is 0 Å². The third-order valence-electron chi connectivity index (χ3n) is 2.69. The fourth-order valence-corrected chi connectivity index (χ4v) is 1.95. The van der Waals surface area contributed by atoms with Crippen LogP contribution in [0.1, 0.15) is 29.8 Å². The van der Waals surface area contributed by atoms with Gasteiger partial charge in [-0.2, -0.15) is 5.10 Å². The standard InChI is InChI=1S/C10H14ClN3O/c1-13-9(11)7-8(12-13)10(15)14-5-3-2-4-6-14/h7H,2-6H2,1H3. The molecule has 2 rings (SSSR count). The number of piperidine rings is 1. The highest BCUT2D eigenvalue weighted by Gasteiger charge is 2.20. The van der Waals surface area contributed by atoms with Crippen molar-refractivity contribution in [2.45, 2.75) is 19.3 Å². The molecule has 15 heavy (non-hydrogen) atoms. The predicted octanol–water partition coefficient (Wildman–Crippen LogP) is 1.70. The van der Waals surface area contributed by atoms with Gasteiger partial charge in [-0.15, -0.1) is 0 Å². The van der Waals surface area contributed by atoms with Crippen molar-refractivity contribution in [1.82, 2.24) is 14.7 Å². The van der Waals surface area contributed by atoms with Crippen LogP contribution in [-0.4, -0.2) is 33.7 Å². The lowest BCUT2D eigenvalue weighted by Crippen LogP contribution is -2.35. The molecule has 1 amide bonds. The summed E-state index contributed by atoms with van der Waals surface area (Å²) in [7, 11) is 1.73. The van der Waals surface area contributed by atoms with Crippen LogP contribution in [0, 0.1) is 0 Å². The van der Waals surface area contributed by atoms with E-state index in [1.54, 1.807) is 13.1 Å². The summed E-state index contributed by atoms with van der Waals surface area (Å²) in [6.45, 7) is 1.68. The Labute approximate surface area is 93.8 Å². The van der Waals surface area contributed by atoms with Gasteiger partial charge >= 0.3 is 0 Å². The van der Waals surface area contributed by atoms with Gasteiger partial charge in [-0.05, 0) is 19.3 Å². The number of nitrogens with zero attached hydrogens (tertiary/aromatic N) is 3. The minimum absolute atomic E-state index is 0.00259. The molecule has 0 N–H and O–H groups in total. The molecule has 0 bridgehead atoms. The number of hydrogen-bond donors (Lipinski definition) is 0. The normalized spacial score (nSPS) is 16.8. The highest BCUT2D eigenvalue weighted by Crippen LogP contribution is 2.15. The van der Waals surface area contributed by atoms with Crippen LogP contribution >= 0.6 is 11.6 Å². The number of aryl methyl sites for hydroxylation is 1. The molecule has 1 fully saturated rings. The van der Waals surface area contributed by atoms with Gasteiger partial charge < -0.3 is 4.90 Å². The van der Waals surface area contributed by atoms with Crippen LogP contribution in [0.5, 0.6) is 0 Å². The van der Waals surface area contributed by atoms with E-state index >= 15 is 0 Å². The van der Waals surface area contributed by atoms with E-state index in [0.29, 0.717) is 10.8 Å². The van der Waals surface area contributed by atoms with E-state index in [0.717, 1.165) is 25.9 Å². The number of amides is 1. The van der Waals surface area contributed by atoms with Crippen LogP contribution in [0.4, 0.5) is 0 Å². The van der Waals surface area contributed by atoms with Gasteiger partial charge in [-0.3, -0.25) is 9.48 Å². The zero-order valence-electron chi connectivity index (χ0n) is 8.74. The van der Waals surface area contributed by atoms with Gasteiger partial charge in [0.05, 0.1) is 0 Å². The molecule has 4 nitrogen and oxygen atoms in total. The maximum Gasteiger partial charge on any atom is 0.274 e. The Hall–Kier alpha value is -1.03. The smallest absolute Gasteiger partial charge is 0.274 e. The fourth-order valence-electron chi connectivity index (χ4n) is 1.81. The monoisotopic (exact) mass is 227 g/mol. The maximum atomic E-state index is 12.0. The van der Waals surface area contributed by atoms with Gasteiger partial charge in [0, 0.05) is 26.2 Å². The Balaban J connectivity index is 2.12. The number of rotatable bonds is 1. The van der Waals surface area contributed by atoms with E-state index in [2.05, 4.69) is 5.10 Å². The van der Waals surface area contributed by atoms with Crippen LogP contribution in [0.2, 0.25) is 5.15 Å². The lowest BCUT2D eigenvalue weighted by molar-refractivity contribution is 0.0717. The Morgan fingerprint density at radius 2 is 2.07 bits per heavy atom. The Kier molecular flexibility index (Phi) is 2.95. The van der Waals surface area contributed by atoms with Crippen LogP contribution in [-0.2, 0) is 7.05 Å². The predicted molar refractivity (Wildman–Crippen MR) is 58.0 cm³/mol. The summed E-state index contributed by atoms with van der Waals surface area (Å²) >= 11 is 5.84. The summed E-state index contributed by atoms with van der Waals surface area (Å²) in [6.07, 6.45) is 3.39. The first-order valence-electron chi connectivity index (χ1n) is 5.17. The largest absolute Gasteiger partial charge is 0.337 e. The highest BCUT2D eigenvalue weighted by molar-refractivity contribution is 6.29. The van der Waals surface area contributed by atoms with E-state index < -0.39 is 0 Å². The Morgan fingerprint density at radius 3 is 2.60 bits per heavy atom. The zero-order chi connectivity index (χ0) is 10.8. The third-order valence-corrected chi connectivity index (χ3v) is 3.04. The molecule has 1 aliphatic heterocycles. The molecular weight excluding hydrogens is 214 g/mol. The fraction of sp³-hybridized carbons (Fsp3) is 0.600. The summed E-state index contributed by atoms with van der Waals surface area (Å²) < 4.78 is 1.51. The van der Waals surface area contributed by atoms with Crippen molar-refractivity contribution in [2.75, 3.05) is 13.1 Å². The van der Waals surface area contributed by atoms with Crippen molar-refractivity contribution in [2.24, 2.45) is 7.05 Å². The van der Waals surface area contributed by atoms with Gasteiger partial charge in [-0.1, -0.05) is 11.6 Å². The average Bonchev–Trinajstić information content (AvgIpc) is 2.59. The molecule has 1 aliphatic rings. The minimum Gasteiger partial charge on any atom is -0.337 e. The number of carbonyl (C=O) groups is 1. The second-order valence-corrected chi connectivity index (χ2v) is 4.22. The van der Waals surface area contributed by atoms with E-state index in [-0.39, 0.29) is 5.91 Å². The van der Waals surface area contributed by atoms with Crippen LogP contribution in [0.25, 0.3) is 0 Å². The molecule has 1 aromatic rings. The Morgan fingerprint density at radius 1 is 1.40 bits per heavy atom. The minimum atomic E-state index is -0.00259. The molecule has 0 unspecified atom stereocenters. The number of aromatic nitrogens is 2. The van der Waals surface area contributed by atoms with Gasteiger partial charge in [-0.25, -0.2) is 0 Å². The Bertz CT molecular complexity index is 349. The molecule has 0 saturated carbocycles. The number of likely N-dealkylation sites (tertiary alicyclic amines) is 1. The first kappa shape index (κ1) is 10.5. The lowest BCUT2D eigenvalue weighted by Gasteiger charge is -2.25. The summed E-state index contributed by atoms with van der Waals surface area (Å²) in [4.78, 5) is 13.8. The molecule has 82 valence electrons. The SMILES string of the molecule is Cn1nc(C(=O)N2CCCCC2)cc1Cl. The summed E-state index contributed by atoms with van der Waals surface area (Å²) in [5, 5.41) is 4.57. The van der Waals surface area contributed by atoms with Crippen molar-refractivity contribution in [3.8, 4) is 0 Å². The van der Waals surface area contributed by atoms with Crippen LogP contribution < -0.4 is 0 Å². The van der Waals surface area contributed by atoms with Gasteiger partial charge in [0.2, 0.25) is 0 Å². The second kappa shape index (κ2) is 4.23. The van der Waals surface area contributed by atoms with Crippen LogP contribution in [0.15, 0.2) is 6.07 Å². The van der Waals surface area contributed by atoms with Crippen molar-refractivity contribution >= 4 is 17.5 Å². The molecular formula is C10H14ClN3O. The molecule has 0 radical (unpaired) electrons. The van der Waals surface area contributed by atoms with Crippen molar-refractivity contribution in [1.29, 1.82) is 0 Å². The van der Waals surface area contributed by atoms with Crippen molar-refractivity contribution < 1.29 is 4.79 Å². The second-order valence-electron chi connectivity index (χ2n) is 3.83. The van der Waals surface area contributed by atoms with Crippen molar-refractivity contribution in [3.05, 3.63) is 16.9 Å². The number of halogens is 1. The maximum absolute atomic E-state index is 12.0.